The third-order valence-corrected chi connectivity index (χ3v) is 2.20. The monoisotopic (exact) mass is 258 g/mol. The highest BCUT2D eigenvalue weighted by molar-refractivity contribution is 5.66. The number of unbranched alkanes of at least 4 members (excludes halogenated alkanes) is 4. The molecule has 19 heavy (non-hydrogen) atoms. The third kappa shape index (κ3) is 16.1. The highest BCUT2D eigenvalue weighted by Crippen LogP contribution is 2.02. The zero-order valence-electron chi connectivity index (χ0n) is 11.9. The van der Waals surface area contributed by atoms with E-state index < -0.39 is 0 Å². The summed E-state index contributed by atoms with van der Waals surface area (Å²) in [6.07, 6.45) is 13.7. The maximum absolute atomic E-state index is 10.4. The summed E-state index contributed by atoms with van der Waals surface area (Å²) in [5.41, 5.74) is 0. The van der Waals surface area contributed by atoms with E-state index in [1.807, 2.05) is 6.08 Å². The molecular weight excluding hydrogens is 236 g/mol. The van der Waals surface area contributed by atoms with Gasteiger partial charge in [0.1, 0.15) is 0 Å². The number of ether oxygens (including phenoxy) is 1. The van der Waals surface area contributed by atoms with E-state index in [1.54, 1.807) is 6.08 Å². The first-order valence-corrected chi connectivity index (χ1v) is 6.73. The number of rotatable bonds is 7. The predicted octanol–water partition coefficient (Wildman–Crippen LogP) is 3.99. The van der Waals surface area contributed by atoms with Crippen molar-refractivity contribution in [1.29, 1.82) is 0 Å². The molecule has 102 valence electrons. The van der Waals surface area contributed by atoms with Crippen LogP contribution in [0.15, 0.2) is 24.5 Å². The second-order valence-corrected chi connectivity index (χ2v) is 4.01. The fourth-order valence-electron chi connectivity index (χ4n) is 1.26. The van der Waals surface area contributed by atoms with Gasteiger partial charge in [0.05, 0.1) is 6.26 Å². The van der Waals surface area contributed by atoms with Crippen molar-refractivity contribution in [1.82, 2.24) is 0 Å². The molecule has 0 N–H and O–H groups in total. The van der Waals surface area contributed by atoms with Crippen molar-refractivity contribution < 1.29 is 9.53 Å². The number of esters is 1. The van der Waals surface area contributed by atoms with Gasteiger partial charge in [-0.2, -0.15) is 0 Å². The second kappa shape index (κ2) is 14.1. The molecule has 0 rings (SSSR count). The van der Waals surface area contributed by atoms with Gasteiger partial charge in [0, 0.05) is 13.3 Å². The molecule has 2 nitrogen and oxygen atoms in total. The maximum Gasteiger partial charge on any atom is 0.307 e. The average Bonchev–Trinajstić information content (AvgIpc) is 2.39. The van der Waals surface area contributed by atoms with Crippen LogP contribution in [0.25, 0.3) is 0 Å². The van der Waals surface area contributed by atoms with Crippen LogP contribution in [0.1, 0.15) is 52.4 Å². The van der Waals surface area contributed by atoms with Gasteiger partial charge in [-0.3, -0.25) is 4.79 Å². The minimum Gasteiger partial charge on any atom is -0.435 e. The van der Waals surface area contributed by atoms with E-state index in [9.17, 15) is 4.79 Å². The van der Waals surface area contributed by atoms with Crippen molar-refractivity contribution in [2.45, 2.75) is 52.4 Å². The molecule has 0 radical (unpaired) electrons. The Balaban J connectivity index is 3.61. The molecule has 0 saturated heterocycles. The van der Waals surface area contributed by atoms with Crippen LogP contribution in [0.2, 0.25) is 0 Å². The van der Waals surface area contributed by atoms with Crippen LogP contribution in [0.4, 0.5) is 0 Å². The van der Waals surface area contributed by atoms with Crippen LogP contribution in [0, 0.1) is 23.7 Å². The summed E-state index contributed by atoms with van der Waals surface area (Å²) >= 11 is 0. The lowest BCUT2D eigenvalue weighted by atomic mass is 10.1. The minimum atomic E-state index is -0.326. The summed E-state index contributed by atoms with van der Waals surface area (Å²) in [4.78, 5) is 10.4. The molecule has 0 fully saturated rings. The predicted molar refractivity (Wildman–Crippen MR) is 79.0 cm³/mol. The van der Waals surface area contributed by atoms with E-state index in [0.29, 0.717) is 6.42 Å². The zero-order chi connectivity index (χ0) is 14.2. The van der Waals surface area contributed by atoms with E-state index in [2.05, 4.69) is 41.4 Å². The summed E-state index contributed by atoms with van der Waals surface area (Å²) in [5.74, 6) is 10.9. The molecule has 0 aliphatic carbocycles. The summed E-state index contributed by atoms with van der Waals surface area (Å²) in [6.45, 7) is 3.57. The van der Waals surface area contributed by atoms with Crippen molar-refractivity contribution in [3.05, 3.63) is 24.5 Å². The molecule has 0 saturated carbocycles. The van der Waals surface area contributed by atoms with Gasteiger partial charge in [0.2, 0.25) is 0 Å². The number of carbonyl (C=O) groups excluding carboxylic acids is 1. The highest BCUT2D eigenvalue weighted by Gasteiger charge is 1.83. The fraction of sp³-hybridized carbons (Fsp3) is 0.471. The lowest BCUT2D eigenvalue weighted by molar-refractivity contribution is -0.135. The quantitative estimate of drug-likeness (QED) is 0.299. The van der Waals surface area contributed by atoms with Crippen LogP contribution >= 0.6 is 0 Å². The molecule has 0 aliphatic heterocycles. The van der Waals surface area contributed by atoms with Crippen molar-refractivity contribution in [2.24, 2.45) is 0 Å². The van der Waals surface area contributed by atoms with Gasteiger partial charge in [-0.05, 0) is 36.8 Å². The molecule has 0 aromatic carbocycles. The smallest absolute Gasteiger partial charge is 0.307 e. The lowest BCUT2D eigenvalue weighted by Gasteiger charge is -1.92. The Kier molecular flexibility index (Phi) is 12.7. The Morgan fingerprint density at radius 2 is 2.00 bits per heavy atom. The summed E-state index contributed by atoms with van der Waals surface area (Å²) in [6, 6.07) is 0. The Labute approximate surface area is 116 Å². The first-order chi connectivity index (χ1) is 9.27. The first-order valence-electron chi connectivity index (χ1n) is 6.73. The van der Waals surface area contributed by atoms with Crippen LogP contribution in [0.3, 0.4) is 0 Å². The number of hydrogen-bond acceptors (Lipinski definition) is 2. The van der Waals surface area contributed by atoms with Crippen LogP contribution in [-0.2, 0) is 9.53 Å². The normalized spacial score (nSPS) is 9.79. The summed E-state index contributed by atoms with van der Waals surface area (Å²) in [7, 11) is 0. The van der Waals surface area contributed by atoms with Gasteiger partial charge in [0.25, 0.3) is 0 Å². The van der Waals surface area contributed by atoms with Gasteiger partial charge in [0.15, 0.2) is 0 Å². The molecule has 0 aromatic heterocycles. The van der Waals surface area contributed by atoms with Gasteiger partial charge in [-0.25, -0.2) is 0 Å². The molecule has 2 heteroatoms. The van der Waals surface area contributed by atoms with Crippen LogP contribution in [0.5, 0.6) is 0 Å². The largest absolute Gasteiger partial charge is 0.435 e. The Bertz CT molecular complexity index is 408. The van der Waals surface area contributed by atoms with E-state index in [1.165, 1.54) is 38.9 Å². The lowest BCUT2D eigenvalue weighted by Crippen LogP contribution is -1.88. The van der Waals surface area contributed by atoms with Crippen molar-refractivity contribution in [2.75, 3.05) is 0 Å². The number of allylic oxidation sites excluding steroid dienone is 3. The van der Waals surface area contributed by atoms with E-state index in [-0.39, 0.29) is 5.97 Å². The average molecular weight is 258 g/mol. The minimum absolute atomic E-state index is 0.326. The van der Waals surface area contributed by atoms with E-state index >= 15 is 0 Å². The second-order valence-electron chi connectivity index (χ2n) is 4.01. The number of carbonyl (C=O) groups is 1. The van der Waals surface area contributed by atoms with Crippen molar-refractivity contribution in [3.63, 3.8) is 0 Å². The molecule has 0 bridgehead atoms. The maximum atomic E-state index is 10.4. The fourth-order valence-corrected chi connectivity index (χ4v) is 1.26. The molecule has 0 unspecified atom stereocenters. The Morgan fingerprint density at radius 3 is 2.74 bits per heavy atom. The molecule has 0 atom stereocenters. The van der Waals surface area contributed by atoms with Gasteiger partial charge < -0.3 is 4.74 Å². The Morgan fingerprint density at radius 1 is 1.16 bits per heavy atom. The molecule has 0 heterocycles. The first kappa shape index (κ1) is 17.1. The zero-order valence-corrected chi connectivity index (χ0v) is 11.9. The van der Waals surface area contributed by atoms with Crippen LogP contribution < -0.4 is 0 Å². The SMILES string of the molecule is CCCCCCC=CC#CC#CCC=COC(C)=O. The van der Waals surface area contributed by atoms with Gasteiger partial charge >= 0.3 is 5.97 Å². The van der Waals surface area contributed by atoms with Crippen molar-refractivity contribution in [3.8, 4) is 23.7 Å². The van der Waals surface area contributed by atoms with Gasteiger partial charge in [-0.15, -0.1) is 0 Å². The summed E-state index contributed by atoms with van der Waals surface area (Å²) < 4.78 is 4.61. The molecular formula is C17H22O2. The highest BCUT2D eigenvalue weighted by atomic mass is 16.5. The molecule has 0 aromatic rings. The van der Waals surface area contributed by atoms with Crippen LogP contribution in [-0.4, -0.2) is 5.97 Å². The molecule has 0 aliphatic rings. The summed E-state index contributed by atoms with van der Waals surface area (Å²) in [5, 5.41) is 0. The van der Waals surface area contributed by atoms with Crippen molar-refractivity contribution >= 4 is 5.97 Å². The number of hydrogen-bond donors (Lipinski definition) is 0. The third-order valence-electron chi connectivity index (χ3n) is 2.20. The molecule has 0 amide bonds. The van der Waals surface area contributed by atoms with E-state index in [4.69, 9.17) is 0 Å². The molecule has 0 spiro atoms. The van der Waals surface area contributed by atoms with E-state index in [0.717, 1.165) is 6.42 Å². The van der Waals surface area contributed by atoms with Gasteiger partial charge in [-0.1, -0.05) is 44.1 Å². The topological polar surface area (TPSA) is 26.3 Å². The standard InChI is InChI=1S/C17H22O2/c1-3-4-5-6-7-8-9-10-11-12-13-14-15-16-19-17(2)18/h8-9,15-16H,3-7,14H2,1-2H3. The Hall–Kier alpha value is -1.93.